The maximum Gasteiger partial charge on any atom is 0.244 e. The Kier molecular flexibility index (Phi) is 6.17. The van der Waals surface area contributed by atoms with Crippen molar-refractivity contribution in [1.82, 2.24) is 10.2 Å². The number of nitrogens with zero attached hydrogens (tertiary/aromatic N) is 2. The van der Waals surface area contributed by atoms with Gasteiger partial charge >= 0.3 is 0 Å². The maximum atomic E-state index is 9.75. The number of nitrogens with one attached hydrogen (secondary N) is 1. The fourth-order valence-electron chi connectivity index (χ4n) is 3.62. The molecule has 7 nitrogen and oxygen atoms in total. The van der Waals surface area contributed by atoms with Crippen LogP contribution in [-0.4, -0.2) is 16.8 Å². The van der Waals surface area contributed by atoms with Gasteiger partial charge in [0.25, 0.3) is 0 Å². The molecular formula is C23H20Cl2N4O3. The summed E-state index contributed by atoms with van der Waals surface area (Å²) >= 11 is 12.2. The van der Waals surface area contributed by atoms with Crippen molar-refractivity contribution in [3.05, 3.63) is 80.3 Å². The van der Waals surface area contributed by atoms with Crippen LogP contribution in [0, 0.1) is 18.3 Å². The molecule has 0 fully saturated rings. The highest BCUT2D eigenvalue weighted by Gasteiger charge is 2.34. The van der Waals surface area contributed by atoms with Crippen molar-refractivity contribution < 1.29 is 14.2 Å². The zero-order chi connectivity index (χ0) is 22.8. The highest BCUT2D eigenvalue weighted by molar-refractivity contribution is 6.35. The van der Waals surface area contributed by atoms with E-state index >= 15 is 0 Å². The summed E-state index contributed by atoms with van der Waals surface area (Å²) in [7, 11) is 0. The molecule has 32 heavy (non-hydrogen) atoms. The summed E-state index contributed by atoms with van der Waals surface area (Å²) in [6.45, 7) is 4.44. The van der Waals surface area contributed by atoms with Gasteiger partial charge in [0.1, 0.15) is 18.2 Å². The van der Waals surface area contributed by atoms with Gasteiger partial charge in [-0.1, -0.05) is 35.3 Å². The van der Waals surface area contributed by atoms with E-state index in [1.165, 1.54) is 0 Å². The minimum atomic E-state index is -0.443. The minimum absolute atomic E-state index is 0.0344. The number of halogens is 2. The number of benzene rings is 2. The molecule has 0 radical (unpaired) electrons. The van der Waals surface area contributed by atoms with E-state index in [1.807, 2.05) is 32.0 Å². The molecular weight excluding hydrogens is 451 g/mol. The molecule has 3 aromatic rings. The number of nitriles is 1. The zero-order valence-corrected chi connectivity index (χ0v) is 18.9. The minimum Gasteiger partial charge on any atom is -0.490 e. The Morgan fingerprint density at radius 2 is 2.00 bits per heavy atom. The van der Waals surface area contributed by atoms with Gasteiger partial charge in [0.15, 0.2) is 11.5 Å². The number of hydrogen-bond acceptors (Lipinski definition) is 6. The van der Waals surface area contributed by atoms with Gasteiger partial charge in [-0.05, 0) is 43.7 Å². The fourth-order valence-corrected chi connectivity index (χ4v) is 4.08. The van der Waals surface area contributed by atoms with Crippen LogP contribution >= 0.6 is 23.2 Å². The number of aromatic amines is 1. The Morgan fingerprint density at radius 3 is 2.72 bits per heavy atom. The van der Waals surface area contributed by atoms with Gasteiger partial charge in [-0.25, -0.2) is 0 Å². The molecule has 1 aliphatic heterocycles. The van der Waals surface area contributed by atoms with Gasteiger partial charge in [-0.2, -0.15) is 5.26 Å². The van der Waals surface area contributed by atoms with Crippen molar-refractivity contribution in [1.29, 1.82) is 5.26 Å². The summed E-state index contributed by atoms with van der Waals surface area (Å²) in [6, 6.07) is 12.9. The topological polar surface area (TPSA) is 106 Å². The fraction of sp³-hybridized carbons (Fsp3) is 0.217. The molecule has 0 unspecified atom stereocenters. The van der Waals surface area contributed by atoms with Crippen LogP contribution in [0.4, 0.5) is 0 Å². The number of ether oxygens (including phenoxy) is 3. The number of hydrogen-bond donors (Lipinski definition) is 2. The highest BCUT2D eigenvalue weighted by Crippen LogP contribution is 2.44. The molecule has 4 rings (SSSR count). The average molecular weight is 471 g/mol. The number of allylic oxidation sites excluding steroid dienone is 1. The van der Waals surface area contributed by atoms with Gasteiger partial charge in [0, 0.05) is 26.9 Å². The predicted octanol–water partition coefficient (Wildman–Crippen LogP) is 5.22. The molecule has 0 saturated heterocycles. The van der Waals surface area contributed by atoms with E-state index in [0.717, 1.165) is 22.4 Å². The second kappa shape index (κ2) is 9.03. The Balaban J connectivity index is 1.70. The van der Waals surface area contributed by atoms with E-state index in [2.05, 4.69) is 16.3 Å². The Labute approximate surface area is 195 Å². The van der Waals surface area contributed by atoms with E-state index in [-0.39, 0.29) is 12.5 Å². The van der Waals surface area contributed by atoms with Crippen LogP contribution in [0.2, 0.25) is 10.0 Å². The largest absolute Gasteiger partial charge is 0.490 e. The van der Waals surface area contributed by atoms with Crippen molar-refractivity contribution in [3.8, 4) is 23.4 Å². The Bertz CT molecular complexity index is 1250. The molecule has 0 bridgehead atoms. The molecule has 2 heterocycles. The summed E-state index contributed by atoms with van der Waals surface area (Å²) in [5.41, 5.74) is 9.48. The lowest BCUT2D eigenvalue weighted by atomic mass is 9.84. The lowest BCUT2D eigenvalue weighted by Crippen LogP contribution is -2.21. The SMILES string of the molecule is CCOc1cc([C@H]2C(C#N)=C(N)Oc3n[nH]c(C)c32)ccc1OCc1ccc(Cl)cc1Cl. The molecule has 164 valence electrons. The summed E-state index contributed by atoms with van der Waals surface area (Å²) < 4.78 is 17.4. The molecule has 1 atom stereocenters. The second-order valence-corrected chi connectivity index (χ2v) is 8.00. The zero-order valence-electron chi connectivity index (χ0n) is 17.4. The lowest BCUT2D eigenvalue weighted by Gasteiger charge is -2.24. The summed E-state index contributed by atoms with van der Waals surface area (Å²) in [5, 5.41) is 17.9. The molecule has 9 heteroatoms. The normalized spacial score (nSPS) is 15.0. The number of rotatable bonds is 6. The summed E-state index contributed by atoms with van der Waals surface area (Å²) in [6.07, 6.45) is 0. The lowest BCUT2D eigenvalue weighted by molar-refractivity contribution is 0.269. The molecule has 1 aliphatic rings. The van der Waals surface area contributed by atoms with Crippen LogP contribution in [0.15, 0.2) is 47.9 Å². The van der Waals surface area contributed by atoms with Crippen molar-refractivity contribution >= 4 is 23.2 Å². The van der Waals surface area contributed by atoms with Crippen molar-refractivity contribution in [2.45, 2.75) is 26.4 Å². The van der Waals surface area contributed by atoms with E-state index in [1.54, 1.807) is 18.2 Å². The van der Waals surface area contributed by atoms with E-state index in [0.29, 0.717) is 39.6 Å². The first-order valence-corrected chi connectivity index (χ1v) is 10.6. The molecule has 0 aliphatic carbocycles. The molecule has 3 N–H and O–H groups in total. The van der Waals surface area contributed by atoms with E-state index in [4.69, 9.17) is 43.1 Å². The monoisotopic (exact) mass is 470 g/mol. The number of H-pyrrole nitrogens is 1. The Morgan fingerprint density at radius 1 is 1.19 bits per heavy atom. The third kappa shape index (κ3) is 4.07. The van der Waals surface area contributed by atoms with Gasteiger partial charge in [0.05, 0.1) is 12.5 Å². The Hall–Kier alpha value is -3.34. The third-order valence-corrected chi connectivity index (χ3v) is 5.72. The second-order valence-electron chi connectivity index (χ2n) is 7.16. The van der Waals surface area contributed by atoms with Crippen molar-refractivity contribution in [2.75, 3.05) is 6.61 Å². The molecule has 0 amide bonds. The number of fused-ring (bicyclic) bond motifs is 1. The van der Waals surface area contributed by atoms with Crippen LogP contribution in [0.25, 0.3) is 0 Å². The molecule has 1 aromatic heterocycles. The first-order chi connectivity index (χ1) is 15.4. The standard InChI is InChI=1S/C23H20Cl2N4O3/c1-3-30-19-8-13(5-7-18(19)31-11-14-4-6-15(24)9-17(14)25)21-16(10-26)22(27)32-23-20(21)12(2)28-29-23/h4-9,21H,3,11,27H2,1-2H3,(H,28,29)/t21-/m0/s1. The van der Waals surface area contributed by atoms with Gasteiger partial charge in [-0.15, -0.1) is 5.10 Å². The van der Waals surface area contributed by atoms with Gasteiger partial charge in [0.2, 0.25) is 11.8 Å². The molecule has 0 spiro atoms. The van der Waals surface area contributed by atoms with Crippen LogP contribution < -0.4 is 19.9 Å². The van der Waals surface area contributed by atoms with E-state index < -0.39 is 5.92 Å². The smallest absolute Gasteiger partial charge is 0.244 e. The predicted molar refractivity (Wildman–Crippen MR) is 121 cm³/mol. The summed E-state index contributed by atoms with van der Waals surface area (Å²) in [4.78, 5) is 0. The molecule has 0 saturated carbocycles. The first kappa shape index (κ1) is 21.9. The average Bonchev–Trinajstić information content (AvgIpc) is 3.13. The van der Waals surface area contributed by atoms with Gasteiger partial charge < -0.3 is 19.9 Å². The molecule has 2 aromatic carbocycles. The van der Waals surface area contributed by atoms with Crippen LogP contribution in [0.1, 0.15) is 35.2 Å². The third-order valence-electron chi connectivity index (χ3n) is 5.13. The first-order valence-electron chi connectivity index (χ1n) is 9.88. The van der Waals surface area contributed by atoms with Gasteiger partial charge in [-0.3, -0.25) is 5.10 Å². The van der Waals surface area contributed by atoms with Crippen LogP contribution in [0.3, 0.4) is 0 Å². The van der Waals surface area contributed by atoms with Crippen molar-refractivity contribution in [2.24, 2.45) is 5.73 Å². The summed E-state index contributed by atoms with van der Waals surface area (Å²) in [5.74, 6) is 1.04. The van der Waals surface area contributed by atoms with E-state index in [9.17, 15) is 5.26 Å². The number of nitrogens with two attached hydrogens (primary N) is 1. The van der Waals surface area contributed by atoms with Crippen molar-refractivity contribution in [3.63, 3.8) is 0 Å². The highest BCUT2D eigenvalue weighted by atomic mass is 35.5. The maximum absolute atomic E-state index is 9.75. The number of aromatic nitrogens is 2. The number of aryl methyl sites for hydroxylation is 1. The van der Waals surface area contributed by atoms with Crippen LogP contribution in [0.5, 0.6) is 17.4 Å². The van der Waals surface area contributed by atoms with Crippen LogP contribution in [-0.2, 0) is 6.61 Å². The quantitative estimate of drug-likeness (QED) is 0.511.